The molecule has 0 saturated carbocycles. The number of rotatable bonds is 4. The minimum Gasteiger partial charge on any atom is -0.416 e. The zero-order valence-electron chi connectivity index (χ0n) is 14.0. The fraction of sp³-hybridized carbons (Fsp3) is 0.800. The minimum absolute atomic E-state index is 0.0712. The first-order valence-electron chi connectivity index (χ1n) is 8.27. The molecule has 0 aromatic carbocycles. The quantitative estimate of drug-likeness (QED) is 0.740. The minimum atomic E-state index is -2.98. The summed E-state index contributed by atoms with van der Waals surface area (Å²) in [5, 5.41) is 8.22. The summed E-state index contributed by atoms with van der Waals surface area (Å²) in [4.78, 5) is 14.3. The van der Waals surface area contributed by atoms with Gasteiger partial charge >= 0.3 is 0 Å². The number of sulfone groups is 1. The van der Waals surface area contributed by atoms with Crippen LogP contribution in [0.25, 0.3) is 0 Å². The first-order chi connectivity index (χ1) is 11.3. The van der Waals surface area contributed by atoms with Crippen molar-refractivity contribution in [1.82, 2.24) is 15.1 Å². The molecule has 0 spiro atoms. The van der Waals surface area contributed by atoms with Crippen LogP contribution >= 0.6 is 11.8 Å². The monoisotopic (exact) mass is 373 g/mol. The first-order valence-corrected chi connectivity index (χ1v) is 11.1. The van der Waals surface area contributed by atoms with Gasteiger partial charge in [0.1, 0.15) is 0 Å². The summed E-state index contributed by atoms with van der Waals surface area (Å²) in [5.41, 5.74) is 0. The van der Waals surface area contributed by atoms with Gasteiger partial charge in [0, 0.05) is 13.1 Å². The lowest BCUT2D eigenvalue weighted by molar-refractivity contribution is -0.130. The van der Waals surface area contributed by atoms with E-state index in [9.17, 15) is 13.2 Å². The number of nitrogens with zero attached hydrogens (tertiary/aromatic N) is 3. The van der Waals surface area contributed by atoms with Crippen molar-refractivity contribution in [3.05, 3.63) is 5.89 Å². The van der Waals surface area contributed by atoms with E-state index in [0.29, 0.717) is 29.4 Å². The van der Waals surface area contributed by atoms with Gasteiger partial charge in [-0.3, -0.25) is 4.79 Å². The molecule has 0 radical (unpaired) electrons. The van der Waals surface area contributed by atoms with Crippen LogP contribution in [-0.2, 0) is 14.6 Å². The van der Waals surface area contributed by atoms with Crippen LogP contribution in [0.4, 0.5) is 0 Å². The molecule has 3 heterocycles. The first kappa shape index (κ1) is 17.7. The average molecular weight is 374 g/mol. The molecule has 2 saturated heterocycles. The van der Waals surface area contributed by atoms with Gasteiger partial charge < -0.3 is 9.32 Å². The van der Waals surface area contributed by atoms with Crippen molar-refractivity contribution in [2.45, 2.75) is 37.8 Å². The molecular weight excluding hydrogens is 350 g/mol. The van der Waals surface area contributed by atoms with Gasteiger partial charge in [-0.25, -0.2) is 8.42 Å². The molecule has 0 unspecified atom stereocenters. The van der Waals surface area contributed by atoms with E-state index in [2.05, 4.69) is 24.0 Å². The second-order valence-corrected chi connectivity index (χ2v) is 10.2. The Kier molecular flexibility index (Phi) is 5.19. The summed E-state index contributed by atoms with van der Waals surface area (Å²) in [5.74, 6) is 1.81. The molecule has 0 aliphatic carbocycles. The van der Waals surface area contributed by atoms with Crippen molar-refractivity contribution in [3.8, 4) is 0 Å². The van der Waals surface area contributed by atoms with E-state index in [4.69, 9.17) is 4.42 Å². The Labute approximate surface area is 146 Å². The average Bonchev–Trinajstić information content (AvgIpc) is 3.10. The number of piperidine rings is 1. The topological polar surface area (TPSA) is 93.4 Å². The van der Waals surface area contributed by atoms with Gasteiger partial charge in [0.05, 0.1) is 23.2 Å². The normalized spacial score (nSPS) is 29.8. The van der Waals surface area contributed by atoms with Gasteiger partial charge in [-0.15, -0.1) is 10.2 Å². The number of thioether (sulfide) groups is 1. The molecule has 1 amide bonds. The molecule has 3 atom stereocenters. The Morgan fingerprint density at radius 3 is 2.62 bits per heavy atom. The van der Waals surface area contributed by atoms with Crippen LogP contribution in [0, 0.1) is 11.8 Å². The smallest absolute Gasteiger partial charge is 0.277 e. The van der Waals surface area contributed by atoms with E-state index in [1.165, 1.54) is 11.8 Å². The molecule has 2 aliphatic heterocycles. The third kappa shape index (κ3) is 4.30. The third-order valence-corrected chi connectivity index (χ3v) is 7.12. The van der Waals surface area contributed by atoms with Crippen molar-refractivity contribution >= 4 is 27.5 Å². The predicted octanol–water partition coefficient (Wildman–Crippen LogP) is 1.57. The fourth-order valence-electron chi connectivity index (χ4n) is 3.51. The maximum absolute atomic E-state index is 12.3. The van der Waals surface area contributed by atoms with E-state index in [1.807, 2.05) is 4.90 Å². The van der Waals surface area contributed by atoms with Crippen LogP contribution in [0.3, 0.4) is 0 Å². The van der Waals surface area contributed by atoms with Crippen LogP contribution in [0.1, 0.15) is 38.5 Å². The predicted molar refractivity (Wildman–Crippen MR) is 90.6 cm³/mol. The summed E-state index contributed by atoms with van der Waals surface area (Å²) in [6.07, 6.45) is 1.69. The van der Waals surface area contributed by atoms with Crippen LogP contribution in [0.2, 0.25) is 0 Å². The number of amides is 1. The van der Waals surface area contributed by atoms with Crippen molar-refractivity contribution < 1.29 is 17.6 Å². The highest BCUT2D eigenvalue weighted by Gasteiger charge is 2.33. The highest BCUT2D eigenvalue weighted by atomic mass is 32.2. The molecule has 134 valence electrons. The lowest BCUT2D eigenvalue weighted by Crippen LogP contribution is -2.43. The Morgan fingerprint density at radius 1 is 1.29 bits per heavy atom. The summed E-state index contributed by atoms with van der Waals surface area (Å²) >= 11 is 1.22. The van der Waals surface area contributed by atoms with Crippen LogP contribution in [-0.4, -0.2) is 59.8 Å². The molecule has 2 aliphatic rings. The lowest BCUT2D eigenvalue weighted by Gasteiger charge is -2.34. The Morgan fingerprint density at radius 2 is 2.00 bits per heavy atom. The van der Waals surface area contributed by atoms with Crippen molar-refractivity contribution in [2.24, 2.45) is 11.8 Å². The summed E-state index contributed by atoms with van der Waals surface area (Å²) in [7, 11) is -2.98. The van der Waals surface area contributed by atoms with Gasteiger partial charge in [-0.1, -0.05) is 25.6 Å². The van der Waals surface area contributed by atoms with Crippen LogP contribution < -0.4 is 0 Å². The molecular formula is C15H23N3O4S2. The SMILES string of the molecule is C[C@@H]1C[C@@H](C)CN(C(=O)CSc2nnc([C@@H]3CCS(=O)(=O)C3)o2)C1. The van der Waals surface area contributed by atoms with Gasteiger partial charge in [-0.05, 0) is 24.7 Å². The van der Waals surface area contributed by atoms with Gasteiger partial charge in [-0.2, -0.15) is 0 Å². The van der Waals surface area contributed by atoms with E-state index < -0.39 is 9.84 Å². The second-order valence-electron chi connectivity index (χ2n) is 7.04. The molecule has 7 nitrogen and oxygen atoms in total. The zero-order chi connectivity index (χ0) is 17.3. The van der Waals surface area contributed by atoms with Gasteiger partial charge in [0.15, 0.2) is 9.84 Å². The van der Waals surface area contributed by atoms with Crippen LogP contribution in [0.15, 0.2) is 9.64 Å². The molecule has 0 bridgehead atoms. The summed E-state index contributed by atoms with van der Waals surface area (Å²) < 4.78 is 28.6. The number of carbonyl (C=O) groups excluding carboxylic acids is 1. The number of aromatic nitrogens is 2. The van der Waals surface area contributed by atoms with Crippen LogP contribution in [0.5, 0.6) is 0 Å². The third-order valence-electron chi connectivity index (χ3n) is 4.54. The second kappa shape index (κ2) is 7.03. The molecule has 1 aromatic rings. The van der Waals surface area contributed by atoms with Gasteiger partial charge in [0.2, 0.25) is 11.8 Å². The highest BCUT2D eigenvalue weighted by molar-refractivity contribution is 7.99. The summed E-state index contributed by atoms with van der Waals surface area (Å²) in [6.45, 7) is 5.95. The van der Waals surface area contributed by atoms with E-state index in [1.54, 1.807) is 0 Å². The Balaban J connectivity index is 1.53. The van der Waals surface area contributed by atoms with E-state index in [-0.39, 0.29) is 29.1 Å². The van der Waals surface area contributed by atoms with Crippen molar-refractivity contribution in [1.29, 1.82) is 0 Å². The maximum atomic E-state index is 12.3. The molecule has 1 aromatic heterocycles. The number of carbonyl (C=O) groups is 1. The number of hydrogen-bond donors (Lipinski definition) is 0. The Bertz CT molecular complexity index is 693. The molecule has 9 heteroatoms. The number of likely N-dealkylation sites (tertiary alicyclic amines) is 1. The molecule has 0 N–H and O–H groups in total. The molecule has 24 heavy (non-hydrogen) atoms. The summed E-state index contributed by atoms with van der Waals surface area (Å²) in [6, 6.07) is 0. The molecule has 3 rings (SSSR count). The Hall–Kier alpha value is -1.09. The fourth-order valence-corrected chi connectivity index (χ4v) is 5.92. The lowest BCUT2D eigenvalue weighted by atomic mass is 9.92. The molecule has 2 fully saturated rings. The zero-order valence-corrected chi connectivity index (χ0v) is 15.6. The van der Waals surface area contributed by atoms with E-state index in [0.717, 1.165) is 19.5 Å². The number of hydrogen-bond acceptors (Lipinski definition) is 7. The van der Waals surface area contributed by atoms with Gasteiger partial charge in [0.25, 0.3) is 5.22 Å². The van der Waals surface area contributed by atoms with E-state index >= 15 is 0 Å². The maximum Gasteiger partial charge on any atom is 0.277 e. The van der Waals surface area contributed by atoms with Crippen molar-refractivity contribution in [2.75, 3.05) is 30.3 Å². The largest absolute Gasteiger partial charge is 0.416 e. The van der Waals surface area contributed by atoms with Crippen molar-refractivity contribution in [3.63, 3.8) is 0 Å². The standard InChI is InChI=1S/C15H23N3O4S2/c1-10-5-11(2)7-18(6-10)13(19)8-23-15-17-16-14(22-15)12-3-4-24(20,21)9-12/h10-12H,3-9H2,1-2H3/t10-,11-,12-/m1/s1. The highest BCUT2D eigenvalue weighted by Crippen LogP contribution is 2.30.